The van der Waals surface area contributed by atoms with E-state index in [4.69, 9.17) is 23.2 Å². The predicted molar refractivity (Wildman–Crippen MR) is 132 cm³/mol. The van der Waals surface area contributed by atoms with Crippen LogP contribution in [0.4, 0.5) is 5.82 Å². The minimum absolute atomic E-state index is 0.0129. The molecule has 5 heteroatoms. The summed E-state index contributed by atoms with van der Waals surface area (Å²) in [6.07, 6.45) is 4.83. The minimum Gasteiger partial charge on any atom is -0.288 e. The lowest BCUT2D eigenvalue weighted by molar-refractivity contribution is -0.131. The van der Waals surface area contributed by atoms with Gasteiger partial charge in [-0.15, -0.1) is 6.58 Å². The summed E-state index contributed by atoms with van der Waals surface area (Å²) in [4.78, 5) is 20.6. The van der Waals surface area contributed by atoms with E-state index in [2.05, 4.69) is 17.6 Å². The number of carbonyl (C=O) groups is 1. The number of amides is 1. The molecule has 0 radical (unpaired) electrons. The summed E-state index contributed by atoms with van der Waals surface area (Å²) in [6.45, 7) is 7.94. The van der Waals surface area contributed by atoms with Crippen molar-refractivity contribution in [3.8, 4) is 0 Å². The second-order valence-electron chi connectivity index (χ2n) is 8.73. The molecule has 4 rings (SSSR count). The molecule has 1 saturated heterocycles. The molecule has 0 aliphatic carbocycles. The van der Waals surface area contributed by atoms with Crippen LogP contribution in [0.15, 0.2) is 79.5 Å². The molecule has 32 heavy (non-hydrogen) atoms. The van der Waals surface area contributed by atoms with E-state index in [1.54, 1.807) is 6.20 Å². The van der Waals surface area contributed by atoms with Crippen molar-refractivity contribution in [3.05, 3.63) is 106 Å². The Hall–Kier alpha value is -2.62. The van der Waals surface area contributed by atoms with Crippen molar-refractivity contribution < 1.29 is 4.79 Å². The standard InChI is InChI=1S/C27H26Cl2N2O/c1-4-14-27(3)17-23(20-8-5-9-22(29)16-20)24(19-10-12-21(28)13-11-19)31(26(27)32)25-18(2)7-6-15-30-25/h4-13,15-16,23-24H,1,14,17H2,2-3H3/t23?,24?,27-/m0/s1. The lowest BCUT2D eigenvalue weighted by atomic mass is 9.67. The summed E-state index contributed by atoms with van der Waals surface area (Å²) in [6, 6.07) is 19.3. The molecule has 1 aliphatic heterocycles. The van der Waals surface area contributed by atoms with E-state index < -0.39 is 5.41 Å². The molecule has 0 bridgehead atoms. The average Bonchev–Trinajstić information content (AvgIpc) is 2.77. The van der Waals surface area contributed by atoms with Crippen molar-refractivity contribution in [2.45, 2.75) is 38.6 Å². The van der Waals surface area contributed by atoms with Gasteiger partial charge in [0.1, 0.15) is 5.82 Å². The van der Waals surface area contributed by atoms with Crippen LogP contribution in [0.1, 0.15) is 48.4 Å². The summed E-state index contributed by atoms with van der Waals surface area (Å²) in [5.41, 5.74) is 2.45. The zero-order valence-corrected chi connectivity index (χ0v) is 19.8. The van der Waals surface area contributed by atoms with Crippen LogP contribution in [-0.2, 0) is 4.79 Å². The van der Waals surface area contributed by atoms with Crippen LogP contribution in [0.25, 0.3) is 0 Å². The Kier molecular flexibility index (Phi) is 6.41. The van der Waals surface area contributed by atoms with Crippen LogP contribution in [0, 0.1) is 12.3 Å². The van der Waals surface area contributed by atoms with E-state index in [1.165, 1.54) is 0 Å². The lowest BCUT2D eigenvalue weighted by Gasteiger charge is -2.49. The molecule has 3 nitrogen and oxygen atoms in total. The number of halogens is 2. The van der Waals surface area contributed by atoms with E-state index in [-0.39, 0.29) is 17.9 Å². The smallest absolute Gasteiger partial charge is 0.235 e. The molecule has 3 atom stereocenters. The van der Waals surface area contributed by atoms with Crippen molar-refractivity contribution in [3.63, 3.8) is 0 Å². The van der Waals surface area contributed by atoms with Gasteiger partial charge in [-0.1, -0.05) is 66.5 Å². The number of piperidine rings is 1. The third-order valence-corrected chi connectivity index (χ3v) is 6.85. The highest BCUT2D eigenvalue weighted by atomic mass is 35.5. The van der Waals surface area contributed by atoms with E-state index in [9.17, 15) is 4.79 Å². The van der Waals surface area contributed by atoms with Gasteiger partial charge >= 0.3 is 0 Å². The number of aromatic nitrogens is 1. The first kappa shape index (κ1) is 22.6. The highest BCUT2D eigenvalue weighted by Crippen LogP contribution is 2.52. The Morgan fingerprint density at radius 1 is 1.09 bits per heavy atom. The van der Waals surface area contributed by atoms with Gasteiger partial charge in [0.2, 0.25) is 5.91 Å². The number of hydrogen-bond donors (Lipinski definition) is 0. The molecule has 1 fully saturated rings. The maximum Gasteiger partial charge on any atom is 0.235 e. The Balaban J connectivity index is 1.97. The third kappa shape index (κ3) is 4.20. The Morgan fingerprint density at radius 2 is 1.84 bits per heavy atom. The number of pyridine rings is 1. The monoisotopic (exact) mass is 464 g/mol. The van der Waals surface area contributed by atoms with Gasteiger partial charge in [0, 0.05) is 22.2 Å². The molecule has 1 amide bonds. The van der Waals surface area contributed by atoms with Crippen LogP contribution < -0.4 is 4.90 Å². The molecule has 1 aromatic heterocycles. The van der Waals surface area contributed by atoms with Crippen LogP contribution in [0.2, 0.25) is 10.0 Å². The minimum atomic E-state index is -0.610. The van der Waals surface area contributed by atoms with Gasteiger partial charge in [0.25, 0.3) is 0 Å². The summed E-state index contributed by atoms with van der Waals surface area (Å²) in [7, 11) is 0. The van der Waals surface area contributed by atoms with Crippen molar-refractivity contribution in [1.82, 2.24) is 4.98 Å². The highest BCUT2D eigenvalue weighted by Gasteiger charge is 2.50. The van der Waals surface area contributed by atoms with Crippen LogP contribution in [0.5, 0.6) is 0 Å². The molecule has 0 spiro atoms. The maximum absolute atomic E-state index is 14.1. The number of hydrogen-bond acceptors (Lipinski definition) is 2. The molecule has 0 N–H and O–H groups in total. The lowest BCUT2D eigenvalue weighted by Crippen LogP contribution is -2.52. The topological polar surface area (TPSA) is 33.2 Å². The molecular formula is C27H26Cl2N2O. The van der Waals surface area contributed by atoms with Gasteiger partial charge in [-0.05, 0) is 66.8 Å². The van der Waals surface area contributed by atoms with Crippen molar-refractivity contribution >= 4 is 34.9 Å². The van der Waals surface area contributed by atoms with Gasteiger partial charge in [0.05, 0.1) is 11.5 Å². The number of rotatable bonds is 5. The molecule has 3 aromatic rings. The number of anilines is 1. The SMILES string of the molecule is C=CC[C@@]1(C)CC(c2cccc(Cl)c2)C(c2ccc(Cl)cc2)N(c2ncccc2C)C1=O. The number of benzene rings is 2. The largest absolute Gasteiger partial charge is 0.288 e. The van der Waals surface area contributed by atoms with Gasteiger partial charge < -0.3 is 0 Å². The fourth-order valence-electron chi connectivity index (χ4n) is 4.81. The zero-order valence-electron chi connectivity index (χ0n) is 18.3. The molecule has 0 saturated carbocycles. The fourth-order valence-corrected chi connectivity index (χ4v) is 5.13. The number of carbonyl (C=O) groups excluding carboxylic acids is 1. The highest BCUT2D eigenvalue weighted by molar-refractivity contribution is 6.30. The zero-order chi connectivity index (χ0) is 22.9. The van der Waals surface area contributed by atoms with Crippen LogP contribution in [0.3, 0.4) is 0 Å². The van der Waals surface area contributed by atoms with E-state index in [1.807, 2.05) is 79.4 Å². The molecule has 164 valence electrons. The van der Waals surface area contributed by atoms with Gasteiger partial charge in [0.15, 0.2) is 0 Å². The Morgan fingerprint density at radius 3 is 2.50 bits per heavy atom. The van der Waals surface area contributed by atoms with Crippen LogP contribution >= 0.6 is 23.2 Å². The quantitative estimate of drug-likeness (QED) is 0.365. The second-order valence-corrected chi connectivity index (χ2v) is 9.61. The summed E-state index contributed by atoms with van der Waals surface area (Å²) in [5.74, 6) is 0.746. The molecule has 2 aromatic carbocycles. The van der Waals surface area contributed by atoms with Gasteiger partial charge in [-0.3, -0.25) is 9.69 Å². The van der Waals surface area contributed by atoms with Gasteiger partial charge in [-0.2, -0.15) is 0 Å². The summed E-state index contributed by atoms with van der Waals surface area (Å²) >= 11 is 12.6. The van der Waals surface area contributed by atoms with Crippen molar-refractivity contribution in [1.29, 1.82) is 0 Å². The molecular weight excluding hydrogens is 439 g/mol. The van der Waals surface area contributed by atoms with E-state index in [0.717, 1.165) is 16.7 Å². The molecule has 1 aliphatic rings. The third-order valence-electron chi connectivity index (χ3n) is 6.36. The molecule has 2 unspecified atom stereocenters. The predicted octanol–water partition coefficient (Wildman–Crippen LogP) is 7.54. The first-order valence-corrected chi connectivity index (χ1v) is 11.5. The number of allylic oxidation sites excluding steroid dienone is 1. The number of nitrogens with zero attached hydrogens (tertiary/aromatic N) is 2. The average molecular weight is 465 g/mol. The van der Waals surface area contributed by atoms with Crippen molar-refractivity contribution in [2.75, 3.05) is 4.90 Å². The van der Waals surface area contributed by atoms with E-state index >= 15 is 0 Å². The first-order chi connectivity index (χ1) is 15.3. The summed E-state index contributed by atoms with van der Waals surface area (Å²) < 4.78 is 0. The maximum atomic E-state index is 14.1. The van der Waals surface area contributed by atoms with Gasteiger partial charge in [-0.25, -0.2) is 4.98 Å². The first-order valence-electron chi connectivity index (χ1n) is 10.7. The fraction of sp³-hybridized carbons (Fsp3) is 0.259. The Bertz CT molecular complexity index is 1140. The van der Waals surface area contributed by atoms with Crippen LogP contribution in [-0.4, -0.2) is 10.9 Å². The normalized spacial score (nSPS) is 23.2. The second kappa shape index (κ2) is 9.09. The number of aryl methyl sites for hydroxylation is 1. The van der Waals surface area contributed by atoms with Crippen molar-refractivity contribution in [2.24, 2.45) is 5.41 Å². The summed E-state index contributed by atoms with van der Waals surface area (Å²) in [5, 5.41) is 1.34. The van der Waals surface area contributed by atoms with E-state index in [0.29, 0.717) is 28.7 Å². The molecule has 2 heterocycles. The Labute approximate surface area is 199 Å².